The van der Waals surface area contributed by atoms with Gasteiger partial charge < -0.3 is 4.57 Å². The molecule has 1 aromatic carbocycles. The van der Waals surface area contributed by atoms with Crippen molar-refractivity contribution in [2.45, 2.75) is 32.2 Å². The second kappa shape index (κ2) is 5.77. The van der Waals surface area contributed by atoms with Gasteiger partial charge in [-0.05, 0) is 42.5 Å². The number of hydrogen-bond acceptors (Lipinski definition) is 3. The Morgan fingerprint density at radius 1 is 1.23 bits per heavy atom. The van der Waals surface area contributed by atoms with Gasteiger partial charge in [-0.3, -0.25) is 15.0 Å². The van der Waals surface area contributed by atoms with E-state index in [2.05, 4.69) is 19.1 Å². The van der Waals surface area contributed by atoms with Crippen molar-refractivity contribution in [1.29, 1.82) is 0 Å². The van der Waals surface area contributed by atoms with E-state index in [9.17, 15) is 9.59 Å². The molecule has 2 aromatic rings. The molecule has 1 saturated carbocycles. The van der Waals surface area contributed by atoms with Gasteiger partial charge in [-0.2, -0.15) is 0 Å². The Morgan fingerprint density at radius 2 is 1.91 bits per heavy atom. The summed E-state index contributed by atoms with van der Waals surface area (Å²) >= 11 is 0. The first kappa shape index (κ1) is 14.5. The average Bonchev–Trinajstić information content (AvgIpc) is 3.38. The normalized spacial score (nSPS) is 13.9. The van der Waals surface area contributed by atoms with Gasteiger partial charge in [0, 0.05) is 6.04 Å². The van der Waals surface area contributed by atoms with Crippen LogP contribution in [-0.2, 0) is 6.42 Å². The van der Waals surface area contributed by atoms with Crippen molar-refractivity contribution in [3.05, 3.63) is 57.9 Å². The molecule has 0 unspecified atom stereocenters. The smallest absolute Gasteiger partial charge is 0.270 e. The maximum absolute atomic E-state index is 12.6. The van der Waals surface area contributed by atoms with Crippen LogP contribution in [0.15, 0.2) is 41.2 Å². The number of aromatic nitrogens is 1. The molecule has 5 nitrogen and oxygen atoms in total. The number of rotatable bonds is 4. The van der Waals surface area contributed by atoms with Gasteiger partial charge in [-0.25, -0.2) is 5.84 Å². The fourth-order valence-electron chi connectivity index (χ4n) is 2.65. The first-order valence-corrected chi connectivity index (χ1v) is 7.51. The molecule has 1 heterocycles. The number of benzene rings is 1. The topological polar surface area (TPSA) is 77.1 Å². The lowest BCUT2D eigenvalue weighted by molar-refractivity contribution is 0.0951. The summed E-state index contributed by atoms with van der Waals surface area (Å²) in [5.41, 5.74) is 4.93. The Hall–Kier alpha value is -2.40. The van der Waals surface area contributed by atoms with E-state index >= 15 is 0 Å². The van der Waals surface area contributed by atoms with Crippen LogP contribution in [0.4, 0.5) is 0 Å². The predicted octanol–water partition coefficient (Wildman–Crippen LogP) is 2.02. The van der Waals surface area contributed by atoms with Crippen molar-refractivity contribution in [2.24, 2.45) is 5.84 Å². The van der Waals surface area contributed by atoms with Gasteiger partial charge in [-0.1, -0.05) is 31.2 Å². The van der Waals surface area contributed by atoms with Crippen molar-refractivity contribution in [3.8, 4) is 11.3 Å². The van der Waals surface area contributed by atoms with Crippen LogP contribution in [-0.4, -0.2) is 10.5 Å². The largest absolute Gasteiger partial charge is 0.305 e. The summed E-state index contributed by atoms with van der Waals surface area (Å²) in [4.78, 5) is 24.3. The zero-order chi connectivity index (χ0) is 15.7. The summed E-state index contributed by atoms with van der Waals surface area (Å²) in [5, 5.41) is 0. The van der Waals surface area contributed by atoms with E-state index in [-0.39, 0.29) is 17.2 Å². The number of nitrogen functional groups attached to an aromatic ring is 1. The van der Waals surface area contributed by atoms with Gasteiger partial charge in [0.2, 0.25) is 0 Å². The quantitative estimate of drug-likeness (QED) is 0.515. The van der Waals surface area contributed by atoms with Crippen LogP contribution in [0.2, 0.25) is 0 Å². The summed E-state index contributed by atoms with van der Waals surface area (Å²) in [6.45, 7) is 2.11. The number of carbonyl (C=O) groups excluding carboxylic acids is 1. The third kappa shape index (κ3) is 2.55. The molecule has 3 rings (SSSR count). The molecule has 3 N–H and O–H groups in total. The molecule has 1 amide bonds. The number of carbonyl (C=O) groups is 1. The van der Waals surface area contributed by atoms with E-state index in [1.807, 2.05) is 23.6 Å². The maximum Gasteiger partial charge on any atom is 0.270 e. The number of nitrogens with two attached hydrogens (primary N) is 1. The number of pyridine rings is 1. The standard InChI is InChI=1S/C17H19N3O2/c1-2-11-3-5-12(6-4-11)15-10-9-14(16(21)19-18)17(22)20(15)13-7-8-13/h3-6,9-10,13H,2,7-8,18H2,1H3,(H,19,21). The zero-order valence-corrected chi connectivity index (χ0v) is 12.5. The minimum absolute atomic E-state index is 0.0864. The highest BCUT2D eigenvalue weighted by atomic mass is 16.2. The van der Waals surface area contributed by atoms with Gasteiger partial charge in [0.25, 0.3) is 11.5 Å². The Bertz CT molecular complexity index is 758. The van der Waals surface area contributed by atoms with E-state index in [1.54, 1.807) is 10.6 Å². The number of hydrazine groups is 1. The van der Waals surface area contributed by atoms with Crippen molar-refractivity contribution in [3.63, 3.8) is 0 Å². The molecule has 0 saturated heterocycles. The molecule has 0 bridgehead atoms. The molecule has 1 aromatic heterocycles. The summed E-state index contributed by atoms with van der Waals surface area (Å²) < 4.78 is 1.73. The predicted molar refractivity (Wildman–Crippen MR) is 85.4 cm³/mol. The van der Waals surface area contributed by atoms with Crippen LogP contribution >= 0.6 is 0 Å². The number of hydrogen-bond donors (Lipinski definition) is 2. The Labute approximate surface area is 128 Å². The lowest BCUT2D eigenvalue weighted by Crippen LogP contribution is -2.36. The lowest BCUT2D eigenvalue weighted by Gasteiger charge is -2.14. The van der Waals surface area contributed by atoms with Crippen molar-refractivity contribution < 1.29 is 4.79 Å². The van der Waals surface area contributed by atoms with E-state index in [1.165, 1.54) is 5.56 Å². The Morgan fingerprint density at radius 3 is 2.45 bits per heavy atom. The van der Waals surface area contributed by atoms with Crippen molar-refractivity contribution in [2.75, 3.05) is 0 Å². The molecule has 0 atom stereocenters. The number of amides is 1. The molecule has 0 spiro atoms. The average molecular weight is 297 g/mol. The Kier molecular flexibility index (Phi) is 3.81. The summed E-state index contributed by atoms with van der Waals surface area (Å²) in [6.07, 6.45) is 2.91. The molecule has 1 aliphatic rings. The third-order valence-corrected chi connectivity index (χ3v) is 4.06. The minimum atomic E-state index is -0.549. The van der Waals surface area contributed by atoms with Crippen molar-refractivity contribution >= 4 is 5.91 Å². The summed E-state index contributed by atoms with van der Waals surface area (Å²) in [6, 6.07) is 11.7. The fraction of sp³-hybridized carbons (Fsp3) is 0.294. The lowest BCUT2D eigenvalue weighted by atomic mass is 10.1. The molecular formula is C17H19N3O2. The summed E-state index contributed by atoms with van der Waals surface area (Å²) in [5.74, 6) is 4.60. The molecule has 22 heavy (non-hydrogen) atoms. The highest BCUT2D eigenvalue weighted by molar-refractivity contribution is 5.93. The first-order chi connectivity index (χ1) is 10.7. The molecule has 1 fully saturated rings. The molecule has 0 radical (unpaired) electrons. The van der Waals surface area contributed by atoms with Crippen LogP contribution in [0, 0.1) is 0 Å². The molecule has 0 aliphatic heterocycles. The molecular weight excluding hydrogens is 278 g/mol. The van der Waals surface area contributed by atoms with Gasteiger partial charge in [0.1, 0.15) is 5.56 Å². The highest BCUT2D eigenvalue weighted by Gasteiger charge is 2.28. The van der Waals surface area contributed by atoms with Gasteiger partial charge >= 0.3 is 0 Å². The van der Waals surface area contributed by atoms with Crippen LogP contribution in [0.3, 0.4) is 0 Å². The van der Waals surface area contributed by atoms with Crippen LogP contribution in [0.25, 0.3) is 11.3 Å². The number of nitrogens with one attached hydrogen (secondary N) is 1. The van der Waals surface area contributed by atoms with E-state index in [0.717, 1.165) is 30.5 Å². The molecule has 5 heteroatoms. The zero-order valence-electron chi connectivity index (χ0n) is 12.5. The van der Waals surface area contributed by atoms with Gasteiger partial charge in [0.15, 0.2) is 0 Å². The highest BCUT2D eigenvalue weighted by Crippen LogP contribution is 2.37. The molecule has 1 aliphatic carbocycles. The second-order valence-electron chi connectivity index (χ2n) is 5.56. The van der Waals surface area contributed by atoms with Gasteiger partial charge in [0.05, 0.1) is 5.69 Å². The second-order valence-corrected chi connectivity index (χ2v) is 5.56. The molecule has 114 valence electrons. The first-order valence-electron chi connectivity index (χ1n) is 7.51. The third-order valence-electron chi connectivity index (χ3n) is 4.06. The van der Waals surface area contributed by atoms with Gasteiger partial charge in [-0.15, -0.1) is 0 Å². The van der Waals surface area contributed by atoms with Crippen LogP contribution in [0.1, 0.15) is 41.7 Å². The Balaban J connectivity index is 2.13. The van der Waals surface area contributed by atoms with E-state index < -0.39 is 5.91 Å². The van der Waals surface area contributed by atoms with Crippen LogP contribution < -0.4 is 16.8 Å². The maximum atomic E-state index is 12.6. The van der Waals surface area contributed by atoms with E-state index in [4.69, 9.17) is 5.84 Å². The minimum Gasteiger partial charge on any atom is -0.305 e. The number of nitrogens with zero attached hydrogens (tertiary/aromatic N) is 1. The fourth-order valence-corrected chi connectivity index (χ4v) is 2.65. The monoisotopic (exact) mass is 297 g/mol. The van der Waals surface area contributed by atoms with E-state index in [0.29, 0.717) is 0 Å². The number of aryl methyl sites for hydroxylation is 1. The van der Waals surface area contributed by atoms with Crippen LogP contribution in [0.5, 0.6) is 0 Å². The van der Waals surface area contributed by atoms with Crippen molar-refractivity contribution in [1.82, 2.24) is 9.99 Å². The SMILES string of the molecule is CCc1ccc(-c2ccc(C(=O)NN)c(=O)n2C2CC2)cc1. The summed E-state index contributed by atoms with van der Waals surface area (Å²) in [7, 11) is 0.